The van der Waals surface area contributed by atoms with Gasteiger partial charge in [0.25, 0.3) is 0 Å². The molecule has 0 unspecified atom stereocenters. The number of anilines is 1. The Morgan fingerprint density at radius 3 is 2.74 bits per heavy atom. The fraction of sp³-hybridized carbons (Fsp3) is 0.188. The monoisotopic (exact) mass is 252 g/mol. The van der Waals surface area contributed by atoms with Crippen molar-refractivity contribution in [1.29, 1.82) is 0 Å². The van der Waals surface area contributed by atoms with E-state index in [1.165, 1.54) is 0 Å². The molecule has 0 bridgehead atoms. The highest BCUT2D eigenvalue weighted by molar-refractivity contribution is 5.77. The van der Waals surface area contributed by atoms with Gasteiger partial charge >= 0.3 is 0 Å². The predicted molar refractivity (Wildman–Crippen MR) is 77.3 cm³/mol. The normalized spacial score (nSPS) is 10.8. The van der Waals surface area contributed by atoms with Crippen LogP contribution in [-0.4, -0.2) is 12.0 Å². The molecule has 1 aromatic carbocycles. The third kappa shape index (κ3) is 2.45. The molecular weight excluding hydrogens is 236 g/mol. The topological polar surface area (TPSA) is 29.3 Å². The summed E-state index contributed by atoms with van der Waals surface area (Å²) in [6, 6.07) is 16.2. The Bertz CT molecular complexity index is 670. The molecule has 2 aromatic heterocycles. The van der Waals surface area contributed by atoms with Crippen molar-refractivity contribution in [3.63, 3.8) is 0 Å². The standard InChI is InChI=1S/C16H16N2O/c1-12-6-5-9-16(17-12)18(2)11-14-10-13-7-3-4-8-15(13)19-14/h3-10H,11H2,1-2H3. The lowest BCUT2D eigenvalue weighted by molar-refractivity contribution is 0.545. The van der Waals surface area contributed by atoms with Crippen LogP contribution in [0.5, 0.6) is 0 Å². The van der Waals surface area contributed by atoms with E-state index in [0.717, 1.165) is 28.2 Å². The average molecular weight is 252 g/mol. The number of nitrogens with zero attached hydrogens (tertiary/aromatic N) is 2. The molecule has 96 valence electrons. The largest absolute Gasteiger partial charge is 0.459 e. The van der Waals surface area contributed by atoms with Gasteiger partial charge in [-0.1, -0.05) is 24.3 Å². The molecule has 0 aliphatic rings. The first kappa shape index (κ1) is 11.8. The fourth-order valence-corrected chi connectivity index (χ4v) is 2.17. The number of aryl methyl sites for hydroxylation is 1. The number of hydrogen-bond donors (Lipinski definition) is 0. The molecule has 0 N–H and O–H groups in total. The molecule has 0 fully saturated rings. The number of furan rings is 1. The predicted octanol–water partition coefficient (Wildman–Crippen LogP) is 3.77. The van der Waals surface area contributed by atoms with Gasteiger partial charge in [-0.25, -0.2) is 4.98 Å². The number of pyridine rings is 1. The summed E-state index contributed by atoms with van der Waals surface area (Å²) < 4.78 is 5.82. The van der Waals surface area contributed by atoms with E-state index in [4.69, 9.17) is 4.42 Å². The molecule has 0 amide bonds. The molecule has 0 spiro atoms. The van der Waals surface area contributed by atoms with E-state index in [1.54, 1.807) is 0 Å². The zero-order valence-corrected chi connectivity index (χ0v) is 11.1. The Kier molecular flexibility index (Phi) is 2.95. The van der Waals surface area contributed by atoms with Crippen molar-refractivity contribution in [2.24, 2.45) is 0 Å². The molecule has 2 heterocycles. The van der Waals surface area contributed by atoms with Crippen molar-refractivity contribution >= 4 is 16.8 Å². The lowest BCUT2D eigenvalue weighted by Gasteiger charge is -2.16. The van der Waals surface area contributed by atoms with Crippen molar-refractivity contribution in [1.82, 2.24) is 4.98 Å². The van der Waals surface area contributed by atoms with Crippen LogP contribution < -0.4 is 4.90 Å². The van der Waals surface area contributed by atoms with E-state index in [9.17, 15) is 0 Å². The van der Waals surface area contributed by atoms with Crippen LogP contribution >= 0.6 is 0 Å². The number of benzene rings is 1. The molecule has 0 saturated heterocycles. The van der Waals surface area contributed by atoms with Gasteiger partial charge < -0.3 is 9.32 Å². The summed E-state index contributed by atoms with van der Waals surface area (Å²) in [4.78, 5) is 6.60. The van der Waals surface area contributed by atoms with Crippen molar-refractivity contribution in [3.05, 3.63) is 60.0 Å². The molecule has 0 atom stereocenters. The third-order valence-electron chi connectivity index (χ3n) is 3.13. The summed E-state index contributed by atoms with van der Waals surface area (Å²) in [6.45, 7) is 2.71. The summed E-state index contributed by atoms with van der Waals surface area (Å²) >= 11 is 0. The summed E-state index contributed by atoms with van der Waals surface area (Å²) in [5, 5.41) is 1.14. The van der Waals surface area contributed by atoms with E-state index < -0.39 is 0 Å². The Balaban J connectivity index is 1.84. The molecule has 3 rings (SSSR count). The van der Waals surface area contributed by atoms with E-state index in [1.807, 2.05) is 50.4 Å². The van der Waals surface area contributed by atoms with Gasteiger partial charge in [-0.3, -0.25) is 0 Å². The van der Waals surface area contributed by atoms with Crippen molar-refractivity contribution in [3.8, 4) is 0 Å². The van der Waals surface area contributed by atoms with E-state index in [0.29, 0.717) is 6.54 Å². The van der Waals surface area contributed by atoms with E-state index in [-0.39, 0.29) is 0 Å². The maximum absolute atomic E-state index is 5.82. The lowest BCUT2D eigenvalue weighted by Crippen LogP contribution is -2.17. The molecule has 19 heavy (non-hydrogen) atoms. The van der Waals surface area contributed by atoms with E-state index >= 15 is 0 Å². The van der Waals surface area contributed by atoms with Crippen molar-refractivity contribution < 1.29 is 4.42 Å². The van der Waals surface area contributed by atoms with Gasteiger partial charge in [0.05, 0.1) is 6.54 Å². The summed E-state index contributed by atoms with van der Waals surface area (Å²) in [5.41, 5.74) is 1.96. The second kappa shape index (κ2) is 4.76. The average Bonchev–Trinajstić information content (AvgIpc) is 2.80. The van der Waals surface area contributed by atoms with Crippen LogP contribution in [0.1, 0.15) is 11.5 Å². The lowest BCUT2D eigenvalue weighted by atomic mass is 10.2. The number of hydrogen-bond acceptors (Lipinski definition) is 3. The zero-order valence-electron chi connectivity index (χ0n) is 11.1. The zero-order chi connectivity index (χ0) is 13.2. The fourth-order valence-electron chi connectivity index (χ4n) is 2.17. The Labute approximate surface area is 112 Å². The van der Waals surface area contributed by atoms with Crippen LogP contribution in [0.3, 0.4) is 0 Å². The van der Waals surface area contributed by atoms with Crippen LogP contribution in [-0.2, 0) is 6.54 Å². The smallest absolute Gasteiger partial charge is 0.134 e. The number of para-hydroxylation sites is 1. The van der Waals surface area contributed by atoms with Crippen LogP contribution in [0.25, 0.3) is 11.0 Å². The highest BCUT2D eigenvalue weighted by Gasteiger charge is 2.08. The minimum Gasteiger partial charge on any atom is -0.459 e. The second-order valence-electron chi connectivity index (χ2n) is 4.74. The number of rotatable bonds is 3. The van der Waals surface area contributed by atoms with Crippen molar-refractivity contribution in [2.45, 2.75) is 13.5 Å². The minimum atomic E-state index is 0.713. The maximum atomic E-state index is 5.82. The highest BCUT2D eigenvalue weighted by Crippen LogP contribution is 2.21. The van der Waals surface area contributed by atoms with Crippen LogP contribution in [0.4, 0.5) is 5.82 Å². The molecule has 0 aliphatic heterocycles. The van der Waals surface area contributed by atoms with Gasteiger partial charge in [-0.05, 0) is 31.2 Å². The second-order valence-corrected chi connectivity index (χ2v) is 4.74. The first-order valence-corrected chi connectivity index (χ1v) is 6.34. The third-order valence-corrected chi connectivity index (χ3v) is 3.13. The number of fused-ring (bicyclic) bond motifs is 1. The maximum Gasteiger partial charge on any atom is 0.134 e. The van der Waals surface area contributed by atoms with Crippen molar-refractivity contribution in [2.75, 3.05) is 11.9 Å². The van der Waals surface area contributed by atoms with Gasteiger partial charge in [0.2, 0.25) is 0 Å². The quantitative estimate of drug-likeness (QED) is 0.710. The Morgan fingerprint density at radius 2 is 1.95 bits per heavy atom. The molecule has 3 heteroatoms. The summed E-state index contributed by atoms with van der Waals surface area (Å²) in [6.07, 6.45) is 0. The Morgan fingerprint density at radius 1 is 1.11 bits per heavy atom. The number of aromatic nitrogens is 1. The summed E-state index contributed by atoms with van der Waals surface area (Å²) in [7, 11) is 2.02. The first-order valence-electron chi connectivity index (χ1n) is 6.34. The molecule has 0 saturated carbocycles. The van der Waals surface area contributed by atoms with E-state index in [2.05, 4.69) is 22.0 Å². The van der Waals surface area contributed by atoms with Crippen LogP contribution in [0, 0.1) is 6.92 Å². The summed E-state index contributed by atoms with van der Waals surface area (Å²) in [5.74, 6) is 1.91. The van der Waals surface area contributed by atoms with Gasteiger partial charge in [0.15, 0.2) is 0 Å². The molecular formula is C16H16N2O. The van der Waals surface area contributed by atoms with Gasteiger partial charge in [0, 0.05) is 18.1 Å². The van der Waals surface area contributed by atoms with Gasteiger partial charge in [-0.2, -0.15) is 0 Å². The van der Waals surface area contributed by atoms with Crippen LogP contribution in [0.15, 0.2) is 52.9 Å². The van der Waals surface area contributed by atoms with Crippen LogP contribution in [0.2, 0.25) is 0 Å². The SMILES string of the molecule is Cc1cccc(N(C)Cc2cc3ccccc3o2)n1. The molecule has 3 nitrogen and oxygen atoms in total. The first-order chi connectivity index (χ1) is 9.22. The molecule has 3 aromatic rings. The minimum absolute atomic E-state index is 0.713. The highest BCUT2D eigenvalue weighted by atomic mass is 16.3. The molecule has 0 radical (unpaired) electrons. The van der Waals surface area contributed by atoms with Gasteiger partial charge in [0.1, 0.15) is 17.2 Å². The molecule has 0 aliphatic carbocycles. The van der Waals surface area contributed by atoms with Gasteiger partial charge in [-0.15, -0.1) is 0 Å². The Hall–Kier alpha value is -2.29.